The first-order valence-corrected chi connectivity index (χ1v) is 4.44. The lowest BCUT2D eigenvalue weighted by Crippen LogP contribution is -2.18. The molecule has 0 aliphatic heterocycles. The molecule has 0 rings (SSSR count). The first-order valence-electron chi connectivity index (χ1n) is 4.06. The smallest absolute Gasteiger partial charge is 0.279 e. The van der Waals surface area contributed by atoms with Crippen molar-refractivity contribution >= 4 is 22.7 Å². The van der Waals surface area contributed by atoms with E-state index in [9.17, 15) is 4.79 Å². The summed E-state index contributed by atoms with van der Waals surface area (Å²) in [6.07, 6.45) is 7.95. The largest absolute Gasteiger partial charge is 0.363 e. The second-order valence-electron chi connectivity index (χ2n) is 2.51. The topological polar surface area (TPSA) is 55.4 Å². The van der Waals surface area contributed by atoms with Gasteiger partial charge in [-0.2, -0.15) is 0 Å². The number of nitrogens with two attached hydrogens (primary N) is 1. The molecule has 76 valence electrons. The number of aliphatic imine (C=N–C) groups is 1. The highest BCUT2D eigenvalue weighted by molar-refractivity contribution is 6.82. The number of nitrogens with zero attached hydrogens (tertiary/aromatic N) is 1. The van der Waals surface area contributed by atoms with Crippen molar-refractivity contribution in [2.45, 2.75) is 13.3 Å². The Bertz CT molecular complexity index is 303. The van der Waals surface area contributed by atoms with Crippen molar-refractivity contribution in [2.75, 3.05) is 0 Å². The molecule has 14 heavy (non-hydrogen) atoms. The summed E-state index contributed by atoms with van der Waals surface area (Å²) in [4.78, 5) is 14.3. The van der Waals surface area contributed by atoms with Crippen LogP contribution in [0.25, 0.3) is 0 Å². The number of rotatable bonds is 5. The quantitative estimate of drug-likeness (QED) is 0.551. The number of carbonyl (C=O) groups is 1. The summed E-state index contributed by atoms with van der Waals surface area (Å²) in [6.45, 7) is 5.27. The highest BCUT2D eigenvalue weighted by Gasteiger charge is 2.00. The third kappa shape index (κ3) is 6.20. The number of allylic oxidation sites excluding steroid dienone is 5. The van der Waals surface area contributed by atoms with Gasteiger partial charge in [0, 0.05) is 5.70 Å². The minimum atomic E-state index is -0.721. The van der Waals surface area contributed by atoms with Crippen LogP contribution in [0.4, 0.5) is 0 Å². The molecule has 0 aromatic carbocycles. The van der Waals surface area contributed by atoms with Gasteiger partial charge in [0.1, 0.15) is 0 Å². The van der Waals surface area contributed by atoms with Crippen molar-refractivity contribution in [3.05, 3.63) is 36.6 Å². The van der Waals surface area contributed by atoms with Crippen molar-refractivity contribution in [2.24, 2.45) is 10.7 Å². The fraction of sp³-hybridized carbons (Fsp3) is 0.200. The predicted octanol–water partition coefficient (Wildman–Crippen LogP) is 2.15. The Labute approximate surface area is 88.7 Å². The molecule has 0 saturated carbocycles. The van der Waals surface area contributed by atoms with E-state index in [0.717, 1.165) is 0 Å². The van der Waals surface area contributed by atoms with E-state index < -0.39 is 5.91 Å². The third-order valence-corrected chi connectivity index (χ3v) is 1.57. The van der Waals surface area contributed by atoms with Gasteiger partial charge in [-0.3, -0.25) is 4.79 Å². The molecule has 4 heteroatoms. The van der Waals surface area contributed by atoms with E-state index in [1.165, 1.54) is 0 Å². The molecule has 0 heterocycles. The van der Waals surface area contributed by atoms with Crippen LogP contribution in [0.15, 0.2) is 41.6 Å². The van der Waals surface area contributed by atoms with Gasteiger partial charge < -0.3 is 5.73 Å². The van der Waals surface area contributed by atoms with Crippen LogP contribution >= 0.6 is 11.6 Å². The van der Waals surface area contributed by atoms with Gasteiger partial charge in [0.2, 0.25) is 0 Å². The van der Waals surface area contributed by atoms with Gasteiger partial charge >= 0.3 is 0 Å². The van der Waals surface area contributed by atoms with E-state index in [1.54, 1.807) is 13.0 Å². The fourth-order valence-corrected chi connectivity index (χ4v) is 0.802. The Morgan fingerprint density at radius 1 is 1.64 bits per heavy atom. The molecule has 0 spiro atoms. The van der Waals surface area contributed by atoms with E-state index in [0.29, 0.717) is 12.1 Å². The van der Waals surface area contributed by atoms with Crippen LogP contribution in [-0.2, 0) is 4.79 Å². The van der Waals surface area contributed by atoms with Crippen LogP contribution in [0.3, 0.4) is 0 Å². The first kappa shape index (κ1) is 12.7. The van der Waals surface area contributed by atoms with Gasteiger partial charge in [-0.25, -0.2) is 4.99 Å². The monoisotopic (exact) mass is 212 g/mol. The molecule has 0 bridgehead atoms. The molecule has 0 saturated heterocycles. The molecule has 0 aliphatic rings. The van der Waals surface area contributed by atoms with Crippen LogP contribution in [0.1, 0.15) is 13.3 Å². The Hall–Kier alpha value is -1.35. The maximum Gasteiger partial charge on any atom is 0.279 e. The molecular weight excluding hydrogens is 200 g/mol. The lowest BCUT2D eigenvalue weighted by molar-refractivity contribution is -0.111. The minimum Gasteiger partial charge on any atom is -0.363 e. The van der Waals surface area contributed by atoms with Crippen LogP contribution in [0, 0.1) is 0 Å². The molecular formula is C10H13ClN2O. The van der Waals surface area contributed by atoms with Crippen LogP contribution in [-0.4, -0.2) is 11.1 Å². The number of hydrogen-bond donors (Lipinski definition) is 1. The zero-order valence-corrected chi connectivity index (χ0v) is 8.79. The first-order chi connectivity index (χ1) is 6.57. The summed E-state index contributed by atoms with van der Waals surface area (Å²) in [5.74, 6) is -0.721. The van der Waals surface area contributed by atoms with E-state index >= 15 is 0 Å². The van der Waals surface area contributed by atoms with Crippen LogP contribution in [0.5, 0.6) is 0 Å². The maximum absolute atomic E-state index is 10.5. The van der Waals surface area contributed by atoms with Gasteiger partial charge in [0.15, 0.2) is 5.17 Å². The van der Waals surface area contributed by atoms with Crippen LogP contribution < -0.4 is 5.73 Å². The zero-order valence-electron chi connectivity index (χ0n) is 8.03. The predicted molar refractivity (Wildman–Crippen MR) is 60.2 cm³/mol. The highest BCUT2D eigenvalue weighted by atomic mass is 35.5. The Morgan fingerprint density at radius 2 is 2.29 bits per heavy atom. The van der Waals surface area contributed by atoms with Crippen molar-refractivity contribution in [3.8, 4) is 0 Å². The molecule has 0 aromatic heterocycles. The molecule has 1 amide bonds. The summed E-state index contributed by atoms with van der Waals surface area (Å²) in [6, 6.07) is 0. The Morgan fingerprint density at radius 3 is 2.79 bits per heavy atom. The number of carbonyl (C=O) groups excluding carboxylic acids is 1. The average molecular weight is 213 g/mol. The van der Waals surface area contributed by atoms with E-state index in [2.05, 4.69) is 11.6 Å². The molecule has 3 nitrogen and oxygen atoms in total. The number of halogens is 1. The molecule has 0 radical (unpaired) electrons. The molecule has 0 aliphatic carbocycles. The van der Waals surface area contributed by atoms with Crippen molar-refractivity contribution in [1.82, 2.24) is 0 Å². The van der Waals surface area contributed by atoms with E-state index in [1.807, 2.05) is 18.2 Å². The molecule has 0 atom stereocenters. The van der Waals surface area contributed by atoms with Gasteiger partial charge in [0.05, 0.1) is 0 Å². The van der Waals surface area contributed by atoms with Crippen molar-refractivity contribution in [1.29, 1.82) is 0 Å². The molecule has 0 unspecified atom stereocenters. The van der Waals surface area contributed by atoms with Gasteiger partial charge in [-0.15, -0.1) is 0 Å². The SMILES string of the molecule is C=CC=CC/C=C(C)/N=C(/Cl)C(N)=O. The molecule has 2 N–H and O–H groups in total. The zero-order chi connectivity index (χ0) is 11.0. The fourth-order valence-electron chi connectivity index (χ4n) is 0.669. The Kier molecular flexibility index (Phi) is 6.41. The second-order valence-corrected chi connectivity index (χ2v) is 2.87. The van der Waals surface area contributed by atoms with Gasteiger partial charge in [-0.05, 0) is 13.3 Å². The molecule has 0 fully saturated rings. The normalized spacial score (nSPS) is 13.3. The summed E-state index contributed by atoms with van der Waals surface area (Å²) in [5, 5.41) is -0.202. The lowest BCUT2D eigenvalue weighted by Gasteiger charge is -1.92. The second kappa shape index (κ2) is 7.09. The average Bonchev–Trinajstić information content (AvgIpc) is 2.12. The van der Waals surface area contributed by atoms with Gasteiger partial charge in [-0.1, -0.05) is 42.5 Å². The standard InChI is InChI=1S/C10H13ClN2O/c1-3-4-5-6-7-8(2)13-9(11)10(12)14/h3-5,7H,1,6H2,2H3,(H2,12,14)/b5-4?,8-7+,13-9+. The van der Waals surface area contributed by atoms with E-state index in [4.69, 9.17) is 17.3 Å². The summed E-state index contributed by atoms with van der Waals surface area (Å²) < 4.78 is 0. The van der Waals surface area contributed by atoms with Crippen molar-refractivity contribution < 1.29 is 4.79 Å². The van der Waals surface area contributed by atoms with E-state index in [-0.39, 0.29) is 5.17 Å². The van der Waals surface area contributed by atoms with Gasteiger partial charge in [0.25, 0.3) is 5.91 Å². The highest BCUT2D eigenvalue weighted by Crippen LogP contribution is 2.00. The minimum absolute atomic E-state index is 0.202. The Balaban J connectivity index is 4.25. The maximum atomic E-state index is 10.5. The summed E-state index contributed by atoms with van der Waals surface area (Å²) in [7, 11) is 0. The summed E-state index contributed by atoms with van der Waals surface area (Å²) in [5.41, 5.74) is 5.56. The lowest BCUT2D eigenvalue weighted by atomic mass is 10.3. The number of primary amides is 1. The number of amides is 1. The summed E-state index contributed by atoms with van der Waals surface area (Å²) >= 11 is 5.45. The third-order valence-electron chi connectivity index (χ3n) is 1.30. The van der Waals surface area contributed by atoms with Crippen molar-refractivity contribution in [3.63, 3.8) is 0 Å². The van der Waals surface area contributed by atoms with Crippen LogP contribution in [0.2, 0.25) is 0 Å². The number of hydrogen-bond acceptors (Lipinski definition) is 2. The molecule has 0 aromatic rings.